The van der Waals surface area contributed by atoms with Gasteiger partial charge in [-0.3, -0.25) is 0 Å². The van der Waals surface area contributed by atoms with Gasteiger partial charge in [0.15, 0.2) is 0 Å². The van der Waals surface area contributed by atoms with Gasteiger partial charge in [-0.05, 0) is 6.42 Å². The molecule has 0 spiro atoms. The minimum Gasteiger partial charge on any atom is -0.489 e. The maximum atomic E-state index is 10.6. The van der Waals surface area contributed by atoms with E-state index >= 15 is 0 Å². The topological polar surface area (TPSA) is 49.8 Å². The molecule has 1 N–H and O–H groups in total. The second-order valence-corrected chi connectivity index (χ2v) is 2.53. The normalized spacial score (nSPS) is 12.0. The highest BCUT2D eigenvalue weighted by atomic mass is 16.5. The zero-order valence-corrected chi connectivity index (χ0v) is 7.92. The van der Waals surface area contributed by atoms with E-state index in [1.807, 2.05) is 6.92 Å². The number of nitrogens with zero attached hydrogens (tertiary/aromatic N) is 1. The van der Waals surface area contributed by atoms with Crippen LogP contribution in [0.3, 0.4) is 0 Å². The number of carbonyl (C=O) groups is 1. The fourth-order valence-corrected chi connectivity index (χ4v) is 1.01. The van der Waals surface area contributed by atoms with E-state index < -0.39 is 5.97 Å². The Kier molecular flexibility index (Phi) is 4.18. The van der Waals surface area contributed by atoms with Crippen molar-refractivity contribution in [1.29, 1.82) is 0 Å². The quantitative estimate of drug-likeness (QED) is 0.507. The van der Waals surface area contributed by atoms with Crippen molar-refractivity contribution in [2.45, 2.75) is 13.3 Å². The number of allylic oxidation sites excluding steroid dienone is 1. The summed E-state index contributed by atoms with van der Waals surface area (Å²) < 4.78 is 4.76. The molecule has 0 aromatic carbocycles. The Labute approximate surface area is 72.4 Å². The van der Waals surface area contributed by atoms with Crippen LogP contribution in [0.4, 0.5) is 0 Å². The second-order valence-electron chi connectivity index (χ2n) is 2.53. The standard InChI is InChI=1S/C8H15NO3/c1-5-6(9(2)3)7(12-4)8(10)11/h5H2,1-4H3,(H,10,11). The molecule has 0 saturated heterocycles. The van der Waals surface area contributed by atoms with Crippen molar-refractivity contribution < 1.29 is 14.6 Å². The zero-order chi connectivity index (χ0) is 9.72. The molecule has 0 aromatic heterocycles. The summed E-state index contributed by atoms with van der Waals surface area (Å²) in [6.45, 7) is 1.89. The van der Waals surface area contributed by atoms with Crippen LogP contribution in [0.1, 0.15) is 13.3 Å². The van der Waals surface area contributed by atoms with Gasteiger partial charge in [0, 0.05) is 14.1 Å². The highest BCUT2D eigenvalue weighted by molar-refractivity contribution is 5.85. The van der Waals surface area contributed by atoms with Crippen LogP contribution >= 0.6 is 0 Å². The van der Waals surface area contributed by atoms with Gasteiger partial charge < -0.3 is 14.7 Å². The lowest BCUT2D eigenvalue weighted by atomic mass is 10.2. The van der Waals surface area contributed by atoms with Crippen LogP contribution < -0.4 is 0 Å². The molecule has 0 rings (SSSR count). The molecular weight excluding hydrogens is 158 g/mol. The van der Waals surface area contributed by atoms with Crippen molar-refractivity contribution in [3.8, 4) is 0 Å². The zero-order valence-electron chi connectivity index (χ0n) is 7.92. The molecular formula is C8H15NO3. The minimum absolute atomic E-state index is 0.0162. The lowest BCUT2D eigenvalue weighted by molar-refractivity contribution is -0.136. The first-order chi connectivity index (χ1) is 5.54. The van der Waals surface area contributed by atoms with Crippen molar-refractivity contribution in [3.05, 3.63) is 11.5 Å². The maximum Gasteiger partial charge on any atom is 0.373 e. The van der Waals surface area contributed by atoms with E-state index in [2.05, 4.69) is 0 Å². The third-order valence-corrected chi connectivity index (χ3v) is 1.54. The van der Waals surface area contributed by atoms with Gasteiger partial charge in [-0.25, -0.2) is 4.79 Å². The van der Waals surface area contributed by atoms with Gasteiger partial charge in [0.1, 0.15) is 0 Å². The van der Waals surface area contributed by atoms with Crippen molar-refractivity contribution >= 4 is 5.97 Å². The Bertz CT molecular complexity index is 196. The van der Waals surface area contributed by atoms with Crippen molar-refractivity contribution in [1.82, 2.24) is 4.90 Å². The number of carboxylic acid groups (broad SMARTS) is 1. The molecule has 0 aliphatic carbocycles. The van der Waals surface area contributed by atoms with Crippen LogP contribution in [-0.4, -0.2) is 37.2 Å². The Hall–Kier alpha value is -1.19. The molecule has 0 amide bonds. The number of methoxy groups -OCH3 is 1. The molecule has 0 bridgehead atoms. The Morgan fingerprint density at radius 2 is 2.00 bits per heavy atom. The summed E-state index contributed by atoms with van der Waals surface area (Å²) in [4.78, 5) is 12.4. The molecule has 0 atom stereocenters. The highest BCUT2D eigenvalue weighted by Crippen LogP contribution is 2.11. The van der Waals surface area contributed by atoms with Crippen molar-refractivity contribution in [2.75, 3.05) is 21.2 Å². The third-order valence-electron chi connectivity index (χ3n) is 1.54. The van der Waals surface area contributed by atoms with Crippen LogP contribution in [-0.2, 0) is 9.53 Å². The molecule has 0 heterocycles. The summed E-state index contributed by atoms with van der Waals surface area (Å²) in [6, 6.07) is 0. The number of hydrogen-bond donors (Lipinski definition) is 1. The average molecular weight is 173 g/mol. The first-order valence-corrected chi connectivity index (χ1v) is 3.72. The third kappa shape index (κ3) is 2.45. The molecule has 0 aromatic rings. The van der Waals surface area contributed by atoms with Crippen LogP contribution in [0.15, 0.2) is 11.5 Å². The molecule has 4 nitrogen and oxygen atoms in total. The van der Waals surface area contributed by atoms with Gasteiger partial charge in [0.05, 0.1) is 12.8 Å². The first kappa shape index (κ1) is 10.8. The summed E-state index contributed by atoms with van der Waals surface area (Å²) >= 11 is 0. The summed E-state index contributed by atoms with van der Waals surface area (Å²) in [5.41, 5.74) is 0.685. The molecule has 0 unspecified atom stereocenters. The lowest BCUT2D eigenvalue weighted by Gasteiger charge is -2.17. The minimum atomic E-state index is -1.02. The van der Waals surface area contributed by atoms with Gasteiger partial charge in [-0.15, -0.1) is 0 Å². The van der Waals surface area contributed by atoms with Gasteiger partial charge in [-0.2, -0.15) is 0 Å². The molecule has 0 fully saturated rings. The summed E-state index contributed by atoms with van der Waals surface area (Å²) in [5.74, 6) is -1.01. The van der Waals surface area contributed by atoms with Crippen LogP contribution in [0.25, 0.3) is 0 Å². The van der Waals surface area contributed by atoms with Gasteiger partial charge in [0.25, 0.3) is 0 Å². The van der Waals surface area contributed by atoms with Crippen LogP contribution in [0.2, 0.25) is 0 Å². The van der Waals surface area contributed by atoms with Crippen LogP contribution in [0.5, 0.6) is 0 Å². The Balaban J connectivity index is 4.87. The summed E-state index contributed by atoms with van der Waals surface area (Å²) in [7, 11) is 4.95. The highest BCUT2D eigenvalue weighted by Gasteiger charge is 2.14. The molecule has 4 heteroatoms. The Morgan fingerprint density at radius 3 is 2.08 bits per heavy atom. The molecule has 70 valence electrons. The SMILES string of the molecule is CCC(=C(OC)C(=O)O)N(C)C. The van der Waals surface area contributed by atoms with Gasteiger partial charge in [0.2, 0.25) is 5.76 Å². The molecule has 0 radical (unpaired) electrons. The fourth-order valence-electron chi connectivity index (χ4n) is 1.01. The molecule has 0 aliphatic heterocycles. The molecule has 0 aliphatic rings. The number of aliphatic carboxylic acids is 1. The Morgan fingerprint density at radius 1 is 1.50 bits per heavy atom. The smallest absolute Gasteiger partial charge is 0.373 e. The molecule has 0 saturated carbocycles. The largest absolute Gasteiger partial charge is 0.489 e. The predicted octanol–water partition coefficient (Wildman–Crippen LogP) is 0.901. The van der Waals surface area contributed by atoms with Gasteiger partial charge in [-0.1, -0.05) is 6.92 Å². The van der Waals surface area contributed by atoms with E-state index in [0.29, 0.717) is 12.1 Å². The average Bonchev–Trinajstić information content (AvgIpc) is 1.98. The maximum absolute atomic E-state index is 10.6. The van der Waals surface area contributed by atoms with Crippen molar-refractivity contribution in [2.24, 2.45) is 0 Å². The first-order valence-electron chi connectivity index (χ1n) is 3.72. The lowest BCUT2D eigenvalue weighted by Crippen LogP contribution is -2.17. The van der Waals surface area contributed by atoms with E-state index in [4.69, 9.17) is 9.84 Å². The number of rotatable bonds is 4. The van der Waals surface area contributed by atoms with E-state index in [-0.39, 0.29) is 5.76 Å². The summed E-state index contributed by atoms with van der Waals surface area (Å²) in [5, 5.41) is 8.71. The fraction of sp³-hybridized carbons (Fsp3) is 0.625. The predicted molar refractivity (Wildman–Crippen MR) is 45.6 cm³/mol. The molecule has 12 heavy (non-hydrogen) atoms. The number of ether oxygens (including phenoxy) is 1. The second kappa shape index (κ2) is 4.64. The number of carboxylic acids is 1. The monoisotopic (exact) mass is 173 g/mol. The van der Waals surface area contributed by atoms with E-state index in [1.54, 1.807) is 19.0 Å². The van der Waals surface area contributed by atoms with Gasteiger partial charge >= 0.3 is 5.97 Å². The van der Waals surface area contributed by atoms with E-state index in [0.717, 1.165) is 0 Å². The van der Waals surface area contributed by atoms with E-state index in [1.165, 1.54) is 7.11 Å². The summed E-state index contributed by atoms with van der Waals surface area (Å²) in [6.07, 6.45) is 0.641. The van der Waals surface area contributed by atoms with E-state index in [9.17, 15) is 4.79 Å². The van der Waals surface area contributed by atoms with Crippen molar-refractivity contribution in [3.63, 3.8) is 0 Å². The number of hydrogen-bond acceptors (Lipinski definition) is 3. The van der Waals surface area contributed by atoms with Crippen LogP contribution in [0, 0.1) is 0 Å².